The van der Waals surface area contributed by atoms with Gasteiger partial charge in [-0.1, -0.05) is 90.8 Å². The summed E-state index contributed by atoms with van der Waals surface area (Å²) in [6.07, 6.45) is 0.915. The summed E-state index contributed by atoms with van der Waals surface area (Å²) in [6.45, 7) is 1.78. The van der Waals surface area contributed by atoms with E-state index < -0.39 is 28.5 Å². The molecule has 0 aliphatic rings. The lowest BCUT2D eigenvalue weighted by atomic mass is 10.0. The van der Waals surface area contributed by atoms with Crippen molar-refractivity contribution in [2.24, 2.45) is 0 Å². The molecule has 0 unspecified atom stereocenters. The van der Waals surface area contributed by atoms with Crippen molar-refractivity contribution in [3.63, 3.8) is 0 Å². The van der Waals surface area contributed by atoms with Gasteiger partial charge in [-0.15, -0.1) is 0 Å². The lowest BCUT2D eigenvalue weighted by molar-refractivity contribution is -0.140. The SMILES string of the molecule is CCCNC(=O)[C@@H](Cc1ccccc1)N(Cc1cccc(OC)c1)C(=O)CN(c1ccc(Cl)c(Cl)c1)S(=O)(=O)c1ccccc1. The highest BCUT2D eigenvalue weighted by molar-refractivity contribution is 7.92. The van der Waals surface area contributed by atoms with Crippen molar-refractivity contribution in [2.75, 3.05) is 24.5 Å². The van der Waals surface area contributed by atoms with Crippen LogP contribution in [0.3, 0.4) is 0 Å². The number of nitrogens with one attached hydrogen (secondary N) is 1. The van der Waals surface area contributed by atoms with Crippen LogP contribution in [0.5, 0.6) is 5.75 Å². The van der Waals surface area contributed by atoms with E-state index >= 15 is 0 Å². The second-order valence-corrected chi connectivity index (χ2v) is 13.0. The summed E-state index contributed by atoms with van der Waals surface area (Å²) >= 11 is 12.5. The highest BCUT2D eigenvalue weighted by atomic mass is 35.5. The van der Waals surface area contributed by atoms with Crippen LogP contribution >= 0.6 is 23.2 Å². The summed E-state index contributed by atoms with van der Waals surface area (Å²) in [6, 6.07) is 27.8. The quantitative estimate of drug-likeness (QED) is 0.169. The van der Waals surface area contributed by atoms with Gasteiger partial charge in [-0.25, -0.2) is 8.42 Å². The topological polar surface area (TPSA) is 96.0 Å². The molecule has 1 N–H and O–H groups in total. The minimum atomic E-state index is -4.25. The van der Waals surface area contributed by atoms with Gasteiger partial charge in [0.1, 0.15) is 18.3 Å². The van der Waals surface area contributed by atoms with Gasteiger partial charge in [0.15, 0.2) is 0 Å². The predicted octanol–water partition coefficient (Wildman–Crippen LogP) is 6.36. The van der Waals surface area contributed by atoms with E-state index in [1.807, 2.05) is 43.3 Å². The van der Waals surface area contributed by atoms with Crippen LogP contribution in [0.15, 0.2) is 108 Å². The van der Waals surface area contributed by atoms with Gasteiger partial charge >= 0.3 is 0 Å². The Labute approximate surface area is 274 Å². The predicted molar refractivity (Wildman–Crippen MR) is 178 cm³/mol. The number of anilines is 1. The van der Waals surface area contributed by atoms with E-state index in [-0.39, 0.29) is 39.5 Å². The zero-order valence-electron chi connectivity index (χ0n) is 25.0. The minimum Gasteiger partial charge on any atom is -0.497 e. The van der Waals surface area contributed by atoms with Crippen LogP contribution in [0.1, 0.15) is 24.5 Å². The third-order valence-corrected chi connectivity index (χ3v) is 9.64. The first kappa shape index (κ1) is 33.8. The standard InChI is InChI=1S/C34H35Cl2N3O5S/c1-3-19-37-34(41)32(21-25-11-6-4-7-12-25)38(23-26-13-10-14-28(20-26)44-2)33(40)24-39(27-17-18-30(35)31(36)22-27)45(42,43)29-15-8-5-9-16-29/h4-18,20,22,32H,3,19,21,23-24H2,1-2H3,(H,37,41)/t32-/m1/s1. The van der Waals surface area contributed by atoms with Crippen LogP contribution in [0.2, 0.25) is 10.0 Å². The molecular formula is C34H35Cl2N3O5S. The molecule has 45 heavy (non-hydrogen) atoms. The molecule has 236 valence electrons. The Morgan fingerprint density at radius 1 is 0.844 bits per heavy atom. The lowest BCUT2D eigenvalue weighted by Crippen LogP contribution is -2.53. The minimum absolute atomic E-state index is 0.00950. The largest absolute Gasteiger partial charge is 0.497 e. The molecule has 0 aliphatic carbocycles. The number of carbonyl (C=O) groups is 2. The van der Waals surface area contributed by atoms with Crippen molar-refractivity contribution >= 4 is 50.7 Å². The molecule has 4 aromatic carbocycles. The van der Waals surface area contributed by atoms with Crippen LogP contribution in [-0.4, -0.2) is 51.4 Å². The summed E-state index contributed by atoms with van der Waals surface area (Å²) in [7, 11) is -2.71. The second kappa shape index (κ2) is 15.8. The smallest absolute Gasteiger partial charge is 0.264 e. The van der Waals surface area contributed by atoms with Gasteiger partial charge in [-0.3, -0.25) is 13.9 Å². The highest BCUT2D eigenvalue weighted by Gasteiger charge is 2.34. The second-order valence-electron chi connectivity index (χ2n) is 10.3. The Kier molecular flexibility index (Phi) is 11.9. The van der Waals surface area contributed by atoms with Crippen molar-refractivity contribution < 1.29 is 22.7 Å². The molecule has 0 spiro atoms. The summed E-state index contributed by atoms with van der Waals surface area (Å²) < 4.78 is 34.5. The van der Waals surface area contributed by atoms with E-state index in [0.29, 0.717) is 24.3 Å². The van der Waals surface area contributed by atoms with Crippen LogP contribution in [0.4, 0.5) is 5.69 Å². The van der Waals surface area contributed by atoms with Crippen molar-refractivity contribution in [2.45, 2.75) is 37.2 Å². The number of benzene rings is 4. The number of amides is 2. The number of hydrogen-bond acceptors (Lipinski definition) is 5. The van der Waals surface area contributed by atoms with Crippen molar-refractivity contribution in [1.82, 2.24) is 10.2 Å². The molecule has 0 aromatic heterocycles. The fourth-order valence-corrected chi connectivity index (χ4v) is 6.50. The van der Waals surface area contributed by atoms with Gasteiger partial charge in [-0.05, 0) is 60.0 Å². The number of rotatable bonds is 14. The van der Waals surface area contributed by atoms with Gasteiger partial charge in [0.2, 0.25) is 11.8 Å². The third kappa shape index (κ3) is 8.78. The number of nitrogens with zero attached hydrogens (tertiary/aromatic N) is 2. The van der Waals surface area contributed by atoms with E-state index in [9.17, 15) is 18.0 Å². The molecule has 0 saturated heterocycles. The van der Waals surface area contributed by atoms with E-state index in [0.717, 1.165) is 9.87 Å². The van der Waals surface area contributed by atoms with Gasteiger partial charge in [0.25, 0.3) is 10.0 Å². The Bertz CT molecular complexity index is 1710. The van der Waals surface area contributed by atoms with Crippen LogP contribution in [0, 0.1) is 0 Å². The Morgan fingerprint density at radius 3 is 2.16 bits per heavy atom. The van der Waals surface area contributed by atoms with Crippen molar-refractivity contribution in [3.05, 3.63) is 124 Å². The lowest BCUT2D eigenvalue weighted by Gasteiger charge is -2.34. The molecule has 0 bridgehead atoms. The zero-order chi connectivity index (χ0) is 32.4. The van der Waals surface area contributed by atoms with E-state index in [4.69, 9.17) is 27.9 Å². The summed E-state index contributed by atoms with van der Waals surface area (Å²) in [4.78, 5) is 29.6. The average Bonchev–Trinajstić information content (AvgIpc) is 3.06. The molecular weight excluding hydrogens is 633 g/mol. The zero-order valence-corrected chi connectivity index (χ0v) is 27.4. The Hall–Kier alpha value is -4.05. The van der Waals surface area contributed by atoms with Gasteiger partial charge in [-0.2, -0.15) is 0 Å². The molecule has 1 atom stereocenters. The summed E-state index contributed by atoms with van der Waals surface area (Å²) in [5.41, 5.74) is 1.70. The Balaban J connectivity index is 1.81. The monoisotopic (exact) mass is 667 g/mol. The number of sulfonamides is 1. The summed E-state index contributed by atoms with van der Waals surface area (Å²) in [5.74, 6) is -0.348. The first-order valence-electron chi connectivity index (χ1n) is 14.4. The fraction of sp³-hybridized carbons (Fsp3) is 0.235. The molecule has 0 fully saturated rings. The van der Waals surface area contributed by atoms with Crippen molar-refractivity contribution in [3.8, 4) is 5.75 Å². The maximum Gasteiger partial charge on any atom is 0.264 e. The molecule has 0 heterocycles. The molecule has 0 aliphatic heterocycles. The van der Waals surface area contributed by atoms with Crippen molar-refractivity contribution in [1.29, 1.82) is 0 Å². The van der Waals surface area contributed by atoms with Crippen LogP contribution < -0.4 is 14.4 Å². The van der Waals surface area contributed by atoms with Gasteiger partial charge in [0, 0.05) is 19.5 Å². The third-order valence-electron chi connectivity index (χ3n) is 7.11. The maximum absolute atomic E-state index is 14.5. The molecule has 8 nitrogen and oxygen atoms in total. The molecule has 0 radical (unpaired) electrons. The number of ether oxygens (including phenoxy) is 1. The first-order chi connectivity index (χ1) is 21.6. The van der Waals surface area contributed by atoms with Gasteiger partial charge in [0.05, 0.1) is 27.7 Å². The van der Waals surface area contributed by atoms with E-state index in [2.05, 4.69) is 5.32 Å². The van der Waals surface area contributed by atoms with E-state index in [1.54, 1.807) is 43.5 Å². The summed E-state index contributed by atoms with van der Waals surface area (Å²) in [5, 5.41) is 3.29. The fourth-order valence-electron chi connectivity index (χ4n) is 4.78. The average molecular weight is 669 g/mol. The van der Waals surface area contributed by atoms with Gasteiger partial charge < -0.3 is 15.0 Å². The van der Waals surface area contributed by atoms with Crippen LogP contribution in [-0.2, 0) is 32.6 Å². The number of methoxy groups -OCH3 is 1. The molecule has 2 amide bonds. The first-order valence-corrected chi connectivity index (χ1v) is 16.6. The van der Waals surface area contributed by atoms with Crippen LogP contribution in [0.25, 0.3) is 0 Å². The normalized spacial score (nSPS) is 11.8. The highest BCUT2D eigenvalue weighted by Crippen LogP contribution is 2.31. The Morgan fingerprint density at radius 2 is 1.51 bits per heavy atom. The molecule has 0 saturated carbocycles. The number of carbonyl (C=O) groups excluding carboxylic acids is 2. The molecule has 11 heteroatoms. The molecule has 4 rings (SSSR count). The number of halogens is 2. The molecule has 4 aromatic rings. The van der Waals surface area contributed by atoms with E-state index in [1.165, 1.54) is 35.2 Å². The maximum atomic E-state index is 14.5. The number of hydrogen-bond donors (Lipinski definition) is 1.